The molecule has 3 aromatic rings. The summed E-state index contributed by atoms with van der Waals surface area (Å²) in [6, 6.07) is 3.82. The molecule has 7 nitrogen and oxygen atoms in total. The lowest BCUT2D eigenvalue weighted by Crippen LogP contribution is -2.38. The predicted molar refractivity (Wildman–Crippen MR) is 96.2 cm³/mol. The summed E-state index contributed by atoms with van der Waals surface area (Å²) in [7, 11) is 0. The van der Waals surface area contributed by atoms with Crippen molar-refractivity contribution in [1.82, 2.24) is 19.5 Å². The molecule has 5 rings (SSSR count). The minimum atomic E-state index is 0.0150. The van der Waals surface area contributed by atoms with Gasteiger partial charge >= 0.3 is 0 Å². The summed E-state index contributed by atoms with van der Waals surface area (Å²) >= 11 is 0. The van der Waals surface area contributed by atoms with Crippen molar-refractivity contribution < 1.29 is 9.15 Å². The Morgan fingerprint density at radius 1 is 1.42 bits per heavy atom. The number of hydrogen-bond acceptors (Lipinski definition) is 5. The first kappa shape index (κ1) is 15.8. The van der Waals surface area contributed by atoms with Gasteiger partial charge in [0.05, 0.1) is 24.3 Å². The molecule has 7 heteroatoms. The van der Waals surface area contributed by atoms with Crippen LogP contribution in [0.15, 0.2) is 27.6 Å². The maximum Gasteiger partial charge on any atom is 0.276 e. The highest BCUT2D eigenvalue weighted by Crippen LogP contribution is 2.25. The highest BCUT2D eigenvalue weighted by Gasteiger charge is 2.26. The maximum atomic E-state index is 12.9. The van der Waals surface area contributed by atoms with E-state index < -0.39 is 0 Å². The van der Waals surface area contributed by atoms with Crippen LogP contribution in [-0.4, -0.2) is 45.8 Å². The zero-order chi connectivity index (χ0) is 17.7. The van der Waals surface area contributed by atoms with Crippen molar-refractivity contribution in [3.8, 4) is 11.3 Å². The quantitative estimate of drug-likeness (QED) is 0.778. The van der Waals surface area contributed by atoms with E-state index in [9.17, 15) is 4.79 Å². The number of nitrogens with zero attached hydrogens (tertiary/aromatic N) is 3. The molecule has 0 radical (unpaired) electrons. The van der Waals surface area contributed by atoms with Crippen LogP contribution in [0.1, 0.15) is 23.4 Å². The van der Waals surface area contributed by atoms with Crippen LogP contribution in [0.2, 0.25) is 0 Å². The average molecular weight is 354 g/mol. The number of aromatic amines is 1. The number of ether oxygens (including phenoxy) is 1. The zero-order valence-corrected chi connectivity index (χ0v) is 14.8. The van der Waals surface area contributed by atoms with E-state index in [1.807, 2.05) is 19.1 Å². The largest absolute Gasteiger partial charge is 0.469 e. The summed E-state index contributed by atoms with van der Waals surface area (Å²) in [4.78, 5) is 20.1. The Kier molecular flexibility index (Phi) is 3.72. The van der Waals surface area contributed by atoms with Gasteiger partial charge in [0.15, 0.2) is 5.65 Å². The molecule has 0 bridgehead atoms. The molecule has 2 aliphatic heterocycles. The van der Waals surface area contributed by atoms with Gasteiger partial charge < -0.3 is 9.15 Å². The highest BCUT2D eigenvalue weighted by molar-refractivity contribution is 5.65. The Labute approximate surface area is 150 Å². The van der Waals surface area contributed by atoms with Gasteiger partial charge in [-0.15, -0.1) is 0 Å². The van der Waals surface area contributed by atoms with E-state index in [0.29, 0.717) is 11.6 Å². The van der Waals surface area contributed by atoms with E-state index in [4.69, 9.17) is 14.1 Å². The van der Waals surface area contributed by atoms with Crippen molar-refractivity contribution in [2.45, 2.75) is 26.3 Å². The molecule has 0 aromatic carbocycles. The van der Waals surface area contributed by atoms with Gasteiger partial charge in [-0.1, -0.05) is 0 Å². The van der Waals surface area contributed by atoms with E-state index in [-0.39, 0.29) is 5.56 Å². The Morgan fingerprint density at radius 3 is 3.12 bits per heavy atom. The molecule has 1 fully saturated rings. The molecule has 0 unspecified atom stereocenters. The third-order valence-corrected chi connectivity index (χ3v) is 5.53. The topological polar surface area (TPSA) is 75.8 Å². The van der Waals surface area contributed by atoms with Crippen LogP contribution in [0.4, 0.5) is 0 Å². The number of rotatable bonds is 3. The lowest BCUT2D eigenvalue weighted by atomic mass is 10.0. The number of aromatic nitrogens is 3. The molecule has 0 spiro atoms. The van der Waals surface area contributed by atoms with Gasteiger partial charge in [-0.2, -0.15) is 0 Å². The summed E-state index contributed by atoms with van der Waals surface area (Å²) in [5.74, 6) is 1.42. The first-order valence-corrected chi connectivity index (χ1v) is 9.17. The van der Waals surface area contributed by atoms with Crippen LogP contribution in [-0.2, 0) is 17.7 Å². The number of nitrogens with one attached hydrogen (secondary N) is 1. The number of fused-ring (bicyclic) bond motifs is 2. The van der Waals surface area contributed by atoms with Crippen LogP contribution in [0, 0.1) is 12.8 Å². The fourth-order valence-corrected chi connectivity index (χ4v) is 4.10. The molecule has 1 atom stereocenters. The van der Waals surface area contributed by atoms with Crippen molar-refractivity contribution in [3.63, 3.8) is 0 Å². The highest BCUT2D eigenvalue weighted by atomic mass is 16.5. The van der Waals surface area contributed by atoms with Crippen LogP contribution in [0.3, 0.4) is 0 Å². The van der Waals surface area contributed by atoms with Crippen molar-refractivity contribution in [2.75, 3.05) is 26.3 Å². The Hall–Kier alpha value is -2.38. The van der Waals surface area contributed by atoms with Crippen LogP contribution >= 0.6 is 0 Å². The van der Waals surface area contributed by atoms with Gasteiger partial charge in [-0.05, 0) is 31.7 Å². The molecule has 5 heterocycles. The number of aryl methyl sites for hydroxylation is 1. The smallest absolute Gasteiger partial charge is 0.276 e. The predicted octanol–water partition coefficient (Wildman–Crippen LogP) is 1.99. The Balaban J connectivity index is 1.49. The molecule has 1 N–H and O–H groups in total. The van der Waals surface area contributed by atoms with Gasteiger partial charge in [0.1, 0.15) is 5.76 Å². The second-order valence-electron chi connectivity index (χ2n) is 7.31. The SMILES string of the molecule is Cc1occc1-c1cc2nc3c(c(=O)n2[nH]1)CCN(C[C@H]1CCOC1)C3. The zero-order valence-electron chi connectivity index (χ0n) is 14.8. The average Bonchev–Trinajstić information content (AvgIpc) is 3.35. The Bertz CT molecular complexity index is 1010. The molecule has 26 heavy (non-hydrogen) atoms. The lowest BCUT2D eigenvalue weighted by Gasteiger charge is -2.29. The van der Waals surface area contributed by atoms with Gasteiger partial charge in [-0.25, -0.2) is 9.50 Å². The molecule has 2 aliphatic rings. The van der Waals surface area contributed by atoms with E-state index >= 15 is 0 Å². The molecule has 0 saturated carbocycles. The van der Waals surface area contributed by atoms with Gasteiger partial charge in [-0.3, -0.25) is 14.8 Å². The molecular weight excluding hydrogens is 332 g/mol. The van der Waals surface area contributed by atoms with Gasteiger partial charge in [0.25, 0.3) is 5.56 Å². The van der Waals surface area contributed by atoms with Crippen molar-refractivity contribution in [1.29, 1.82) is 0 Å². The minimum Gasteiger partial charge on any atom is -0.469 e. The third kappa shape index (κ3) is 2.59. The van der Waals surface area contributed by atoms with Gasteiger partial charge in [0.2, 0.25) is 0 Å². The molecular formula is C19H22N4O3. The third-order valence-electron chi connectivity index (χ3n) is 5.53. The number of furan rings is 1. The fourth-order valence-electron chi connectivity index (χ4n) is 4.10. The first-order chi connectivity index (χ1) is 12.7. The summed E-state index contributed by atoms with van der Waals surface area (Å²) < 4.78 is 12.4. The van der Waals surface area contributed by atoms with Crippen molar-refractivity contribution in [2.24, 2.45) is 5.92 Å². The Morgan fingerprint density at radius 2 is 2.35 bits per heavy atom. The number of hydrogen-bond donors (Lipinski definition) is 1. The standard InChI is InChI=1S/C19H22N4O3/c1-12-14(4-7-26-12)16-8-18-20-17-10-22(9-13-3-6-25-11-13)5-2-15(17)19(24)23(18)21-16/h4,7-8,13,21H,2-3,5-6,9-11H2,1H3/t13-/m1/s1. The summed E-state index contributed by atoms with van der Waals surface area (Å²) in [5.41, 5.74) is 4.23. The van der Waals surface area contributed by atoms with Crippen LogP contribution in [0.5, 0.6) is 0 Å². The summed E-state index contributed by atoms with van der Waals surface area (Å²) in [6.45, 7) is 6.29. The lowest BCUT2D eigenvalue weighted by molar-refractivity contribution is 0.161. The van der Waals surface area contributed by atoms with Gasteiger partial charge in [0, 0.05) is 43.4 Å². The minimum absolute atomic E-state index is 0.0150. The van der Waals surface area contributed by atoms with E-state index in [0.717, 1.165) is 74.0 Å². The second-order valence-corrected chi connectivity index (χ2v) is 7.31. The molecule has 0 amide bonds. The van der Waals surface area contributed by atoms with Crippen molar-refractivity contribution in [3.05, 3.63) is 45.8 Å². The van der Waals surface area contributed by atoms with E-state index in [1.54, 1.807) is 10.8 Å². The molecule has 1 saturated heterocycles. The van der Waals surface area contributed by atoms with Crippen LogP contribution in [0.25, 0.3) is 16.9 Å². The second kappa shape index (κ2) is 6.10. The summed E-state index contributed by atoms with van der Waals surface area (Å²) in [6.07, 6.45) is 3.53. The molecule has 3 aromatic heterocycles. The molecule has 136 valence electrons. The van der Waals surface area contributed by atoms with Crippen molar-refractivity contribution >= 4 is 5.65 Å². The van der Waals surface area contributed by atoms with E-state index in [1.165, 1.54) is 0 Å². The normalized spacial score (nSPS) is 20.7. The first-order valence-electron chi connectivity index (χ1n) is 9.17. The van der Waals surface area contributed by atoms with Crippen LogP contribution < -0.4 is 5.56 Å². The summed E-state index contributed by atoms with van der Waals surface area (Å²) in [5, 5.41) is 3.18. The maximum absolute atomic E-state index is 12.9. The fraction of sp³-hybridized carbons (Fsp3) is 0.474. The molecule has 0 aliphatic carbocycles. The monoisotopic (exact) mass is 354 g/mol. The number of H-pyrrole nitrogens is 1. The van der Waals surface area contributed by atoms with E-state index in [2.05, 4.69) is 10.00 Å².